The third-order valence-corrected chi connectivity index (χ3v) is 4.26. The first-order chi connectivity index (χ1) is 13.2. The molecule has 27 heavy (non-hydrogen) atoms. The molecule has 5 heteroatoms. The van der Waals surface area contributed by atoms with E-state index in [1.807, 2.05) is 48.5 Å². The van der Waals surface area contributed by atoms with E-state index in [1.54, 1.807) is 19.2 Å². The second kappa shape index (κ2) is 8.72. The fourth-order valence-corrected chi connectivity index (χ4v) is 2.87. The average molecular weight is 360 g/mol. The largest absolute Gasteiger partial charge is 0.496 e. The van der Waals surface area contributed by atoms with E-state index in [1.165, 1.54) is 0 Å². The minimum absolute atomic E-state index is 0.0787. The van der Waals surface area contributed by atoms with E-state index in [0.29, 0.717) is 18.7 Å². The molecule has 0 saturated carbocycles. The lowest BCUT2D eigenvalue weighted by atomic mass is 10.0. The minimum atomic E-state index is -0.217. The smallest absolute Gasteiger partial charge is 0.258 e. The molecule has 0 radical (unpaired) electrons. The number of ether oxygens (including phenoxy) is 2. The van der Waals surface area contributed by atoms with E-state index >= 15 is 0 Å². The zero-order chi connectivity index (χ0) is 19.1. The van der Waals surface area contributed by atoms with Gasteiger partial charge in [-0.3, -0.25) is 4.79 Å². The second-order valence-corrected chi connectivity index (χ2v) is 6.01. The number of rotatable bonds is 7. The Bertz CT molecular complexity index is 975. The maximum absolute atomic E-state index is 12.2. The van der Waals surface area contributed by atoms with Crippen LogP contribution in [0.25, 0.3) is 10.8 Å². The molecule has 0 atom stereocenters. The molecule has 0 aliphatic rings. The number of hydrogen-bond donors (Lipinski definition) is 1. The predicted octanol–water partition coefficient (Wildman–Crippen LogP) is 3.61. The van der Waals surface area contributed by atoms with Crippen LogP contribution in [-0.4, -0.2) is 19.6 Å². The third kappa shape index (κ3) is 4.56. The van der Waals surface area contributed by atoms with Crippen molar-refractivity contribution in [3.63, 3.8) is 0 Å². The SMILES string of the molecule is COc1ccc2ccccc2c1CNC(=O)COc1ccc(CC#N)cc1. The Morgan fingerprint density at radius 3 is 2.59 bits per heavy atom. The molecule has 0 aromatic heterocycles. The number of methoxy groups -OCH3 is 1. The maximum Gasteiger partial charge on any atom is 0.258 e. The summed E-state index contributed by atoms with van der Waals surface area (Å²) in [6.45, 7) is 0.276. The number of amides is 1. The van der Waals surface area contributed by atoms with Crippen LogP contribution in [-0.2, 0) is 17.8 Å². The van der Waals surface area contributed by atoms with Gasteiger partial charge < -0.3 is 14.8 Å². The summed E-state index contributed by atoms with van der Waals surface area (Å²) in [5, 5.41) is 13.7. The highest BCUT2D eigenvalue weighted by atomic mass is 16.5. The number of nitrogens with one attached hydrogen (secondary N) is 1. The Kier molecular flexibility index (Phi) is 5.91. The molecular weight excluding hydrogens is 340 g/mol. The monoisotopic (exact) mass is 360 g/mol. The fourth-order valence-electron chi connectivity index (χ4n) is 2.87. The van der Waals surface area contributed by atoms with Gasteiger partial charge in [-0.05, 0) is 34.5 Å². The molecule has 3 aromatic carbocycles. The van der Waals surface area contributed by atoms with Gasteiger partial charge in [0, 0.05) is 12.1 Å². The normalized spacial score (nSPS) is 10.2. The van der Waals surface area contributed by atoms with Gasteiger partial charge >= 0.3 is 0 Å². The van der Waals surface area contributed by atoms with E-state index < -0.39 is 0 Å². The summed E-state index contributed by atoms with van der Waals surface area (Å²) in [5.74, 6) is 1.11. The van der Waals surface area contributed by atoms with Crippen LogP contribution in [0.4, 0.5) is 0 Å². The van der Waals surface area contributed by atoms with Gasteiger partial charge in [-0.1, -0.05) is 42.5 Å². The highest BCUT2D eigenvalue weighted by Gasteiger charge is 2.10. The molecule has 0 saturated heterocycles. The van der Waals surface area contributed by atoms with Crippen molar-refractivity contribution >= 4 is 16.7 Å². The molecule has 0 aliphatic heterocycles. The van der Waals surface area contributed by atoms with Crippen molar-refractivity contribution in [2.45, 2.75) is 13.0 Å². The Balaban J connectivity index is 1.61. The van der Waals surface area contributed by atoms with Crippen molar-refractivity contribution in [2.75, 3.05) is 13.7 Å². The van der Waals surface area contributed by atoms with E-state index in [-0.39, 0.29) is 12.5 Å². The minimum Gasteiger partial charge on any atom is -0.496 e. The van der Waals surface area contributed by atoms with Crippen molar-refractivity contribution in [1.29, 1.82) is 5.26 Å². The summed E-state index contributed by atoms with van der Waals surface area (Å²) >= 11 is 0. The molecule has 1 N–H and O–H groups in total. The number of nitrogens with zero attached hydrogens (tertiary/aromatic N) is 1. The van der Waals surface area contributed by atoms with Gasteiger partial charge in [0.15, 0.2) is 6.61 Å². The first kappa shape index (κ1) is 18.3. The Labute approximate surface area is 158 Å². The van der Waals surface area contributed by atoms with Gasteiger partial charge in [-0.15, -0.1) is 0 Å². The van der Waals surface area contributed by atoms with Crippen LogP contribution in [0.2, 0.25) is 0 Å². The van der Waals surface area contributed by atoms with Crippen molar-refractivity contribution in [1.82, 2.24) is 5.32 Å². The molecule has 0 bridgehead atoms. The third-order valence-electron chi connectivity index (χ3n) is 4.26. The first-order valence-electron chi connectivity index (χ1n) is 8.61. The van der Waals surface area contributed by atoms with Gasteiger partial charge in [0.05, 0.1) is 19.6 Å². The number of carbonyl (C=O) groups is 1. The molecule has 0 spiro atoms. The Hall–Kier alpha value is -3.52. The quantitative estimate of drug-likeness (QED) is 0.699. The number of nitriles is 1. The van der Waals surface area contributed by atoms with Crippen LogP contribution in [0.5, 0.6) is 11.5 Å². The Morgan fingerprint density at radius 2 is 1.85 bits per heavy atom. The van der Waals surface area contributed by atoms with Crippen LogP contribution in [0, 0.1) is 11.3 Å². The van der Waals surface area contributed by atoms with Crippen LogP contribution < -0.4 is 14.8 Å². The molecule has 3 rings (SSSR count). The lowest BCUT2D eigenvalue weighted by Gasteiger charge is -2.13. The topological polar surface area (TPSA) is 71.3 Å². The Morgan fingerprint density at radius 1 is 1.07 bits per heavy atom. The van der Waals surface area contributed by atoms with Crippen LogP contribution in [0.1, 0.15) is 11.1 Å². The lowest BCUT2D eigenvalue weighted by molar-refractivity contribution is -0.123. The van der Waals surface area contributed by atoms with Crippen molar-refractivity contribution in [3.05, 3.63) is 71.8 Å². The summed E-state index contributed by atoms with van der Waals surface area (Å²) in [6, 6.07) is 21.1. The number of carbonyl (C=O) groups excluding carboxylic acids is 1. The second-order valence-electron chi connectivity index (χ2n) is 6.01. The summed E-state index contributed by atoms with van der Waals surface area (Å²) in [4.78, 5) is 12.2. The maximum atomic E-state index is 12.2. The highest BCUT2D eigenvalue weighted by Crippen LogP contribution is 2.27. The van der Waals surface area contributed by atoms with E-state index in [2.05, 4.69) is 11.4 Å². The van der Waals surface area contributed by atoms with Gasteiger partial charge in [-0.25, -0.2) is 0 Å². The number of fused-ring (bicyclic) bond motifs is 1. The lowest BCUT2D eigenvalue weighted by Crippen LogP contribution is -2.28. The fraction of sp³-hybridized carbons (Fsp3) is 0.182. The molecule has 0 unspecified atom stereocenters. The average Bonchev–Trinajstić information content (AvgIpc) is 2.71. The van der Waals surface area contributed by atoms with Gasteiger partial charge in [0.1, 0.15) is 11.5 Å². The molecular formula is C22H20N2O3. The summed E-state index contributed by atoms with van der Waals surface area (Å²) < 4.78 is 10.9. The zero-order valence-corrected chi connectivity index (χ0v) is 15.1. The predicted molar refractivity (Wildman–Crippen MR) is 104 cm³/mol. The van der Waals surface area contributed by atoms with Gasteiger partial charge in [0.2, 0.25) is 0 Å². The molecule has 0 heterocycles. The van der Waals surface area contributed by atoms with Crippen molar-refractivity contribution in [2.24, 2.45) is 0 Å². The number of benzene rings is 3. The molecule has 3 aromatic rings. The van der Waals surface area contributed by atoms with Crippen molar-refractivity contribution in [3.8, 4) is 17.6 Å². The first-order valence-corrected chi connectivity index (χ1v) is 8.61. The van der Waals surface area contributed by atoms with E-state index in [4.69, 9.17) is 14.7 Å². The molecule has 1 amide bonds. The molecule has 136 valence electrons. The molecule has 0 aliphatic carbocycles. The van der Waals surface area contributed by atoms with Crippen LogP contribution >= 0.6 is 0 Å². The summed E-state index contributed by atoms with van der Waals surface area (Å²) in [7, 11) is 1.62. The van der Waals surface area contributed by atoms with E-state index in [0.717, 1.165) is 27.6 Å². The summed E-state index contributed by atoms with van der Waals surface area (Å²) in [5.41, 5.74) is 1.85. The molecule has 5 nitrogen and oxygen atoms in total. The van der Waals surface area contributed by atoms with Crippen LogP contribution in [0.15, 0.2) is 60.7 Å². The zero-order valence-electron chi connectivity index (χ0n) is 15.1. The van der Waals surface area contributed by atoms with Gasteiger partial charge in [0.25, 0.3) is 5.91 Å². The number of hydrogen-bond acceptors (Lipinski definition) is 4. The van der Waals surface area contributed by atoms with Gasteiger partial charge in [-0.2, -0.15) is 5.26 Å². The summed E-state index contributed by atoms with van der Waals surface area (Å²) in [6.07, 6.45) is 0.355. The van der Waals surface area contributed by atoms with E-state index in [9.17, 15) is 4.79 Å². The van der Waals surface area contributed by atoms with Crippen LogP contribution in [0.3, 0.4) is 0 Å². The van der Waals surface area contributed by atoms with Crippen molar-refractivity contribution < 1.29 is 14.3 Å². The molecule has 0 fully saturated rings. The standard InChI is InChI=1S/C22H20N2O3/c1-26-21-11-8-17-4-2-3-5-19(17)20(21)14-24-22(25)15-27-18-9-6-16(7-10-18)12-13-23/h2-11H,12,14-15H2,1H3,(H,24,25). The highest BCUT2D eigenvalue weighted by molar-refractivity contribution is 5.88.